The zero-order valence-electron chi connectivity index (χ0n) is 14.4. The van der Waals surface area contributed by atoms with Crippen LogP contribution in [0.3, 0.4) is 0 Å². The summed E-state index contributed by atoms with van der Waals surface area (Å²) in [6.45, 7) is 1.58. The van der Waals surface area contributed by atoms with Gasteiger partial charge in [-0.1, -0.05) is 11.6 Å². The molecule has 0 saturated carbocycles. The minimum absolute atomic E-state index is 0.254. The second-order valence-corrected chi connectivity index (χ2v) is 8.62. The molecule has 0 aromatic heterocycles. The van der Waals surface area contributed by atoms with Gasteiger partial charge in [0.1, 0.15) is 5.03 Å². The molecular formula is C14H15ClF4NO7P. The van der Waals surface area contributed by atoms with E-state index in [2.05, 4.69) is 0 Å². The van der Waals surface area contributed by atoms with E-state index in [0.29, 0.717) is 6.20 Å². The summed E-state index contributed by atoms with van der Waals surface area (Å²) in [5.74, 6) is -6.22. The maximum absolute atomic E-state index is 15.0. The Balaban J connectivity index is 2.01. The standard InChI is InChI=1S/C14H15ClF4NO7P/c1-6(2)26-28(23)24-5-13(11(16)17)10(27-28)14(18,19)12(25-13)20-4-7(15)8(21)3-9(20)22/h4,6,10-12H,3,5H2,1-2H3/t10-,12-,13-,28?/m1/s1. The summed E-state index contributed by atoms with van der Waals surface area (Å²) in [6, 6.07) is 0. The maximum Gasteiger partial charge on any atom is 0.475 e. The molecule has 3 heterocycles. The fourth-order valence-corrected chi connectivity index (χ4v) is 4.77. The van der Waals surface area contributed by atoms with Gasteiger partial charge in [0, 0.05) is 6.20 Å². The Morgan fingerprint density at radius 2 is 2.00 bits per heavy atom. The molecule has 1 unspecified atom stereocenters. The number of phosphoric ester groups is 1. The molecular weight excluding hydrogens is 437 g/mol. The van der Waals surface area contributed by atoms with Crippen LogP contribution in [0.5, 0.6) is 0 Å². The topological polar surface area (TPSA) is 91.4 Å². The third kappa shape index (κ3) is 3.40. The number of hydrogen-bond acceptors (Lipinski definition) is 7. The molecule has 2 saturated heterocycles. The molecule has 0 spiro atoms. The van der Waals surface area contributed by atoms with E-state index in [1.165, 1.54) is 13.8 Å². The Morgan fingerprint density at radius 3 is 2.57 bits per heavy atom. The van der Waals surface area contributed by atoms with Crippen LogP contribution in [-0.4, -0.2) is 59.6 Å². The SMILES string of the molecule is CC(C)OP1(=O)OC[C@@]2(C(F)F)O[C@@H](N3C=C(Cl)C(=O)CC3=O)C(F)(F)[C@@H]2O1. The summed E-state index contributed by atoms with van der Waals surface area (Å²) in [7, 11) is -4.60. The second-order valence-electron chi connectivity index (χ2n) is 6.64. The van der Waals surface area contributed by atoms with Crippen LogP contribution in [0.2, 0.25) is 0 Å². The van der Waals surface area contributed by atoms with E-state index in [1.807, 2.05) is 0 Å². The third-order valence-corrected chi connectivity index (χ3v) is 6.12. The number of fused-ring (bicyclic) bond motifs is 1. The van der Waals surface area contributed by atoms with Crippen molar-refractivity contribution in [3.63, 3.8) is 0 Å². The molecule has 0 radical (unpaired) electrons. The number of allylic oxidation sites excluding steroid dienone is 1. The molecule has 3 aliphatic rings. The first kappa shape index (κ1) is 21.7. The minimum Gasteiger partial charge on any atom is -0.333 e. The van der Waals surface area contributed by atoms with E-state index in [-0.39, 0.29) is 4.90 Å². The third-order valence-electron chi connectivity index (χ3n) is 4.22. The highest BCUT2D eigenvalue weighted by molar-refractivity contribution is 7.48. The normalized spacial score (nSPS) is 38.2. The first-order valence-corrected chi connectivity index (χ1v) is 9.83. The van der Waals surface area contributed by atoms with Crippen molar-refractivity contribution >= 4 is 31.1 Å². The molecule has 0 bridgehead atoms. The number of carbonyl (C=O) groups excluding carboxylic acids is 2. The first-order valence-electron chi connectivity index (χ1n) is 7.99. The maximum atomic E-state index is 15.0. The lowest BCUT2D eigenvalue weighted by Gasteiger charge is -2.39. The van der Waals surface area contributed by atoms with Gasteiger partial charge in [0.15, 0.2) is 17.5 Å². The van der Waals surface area contributed by atoms with Crippen LogP contribution < -0.4 is 0 Å². The van der Waals surface area contributed by atoms with Crippen LogP contribution in [0.1, 0.15) is 20.3 Å². The average Bonchev–Trinajstić information content (AvgIpc) is 2.79. The van der Waals surface area contributed by atoms with Crippen molar-refractivity contribution in [2.24, 2.45) is 0 Å². The van der Waals surface area contributed by atoms with Crippen molar-refractivity contribution in [2.75, 3.05) is 6.61 Å². The van der Waals surface area contributed by atoms with Crippen molar-refractivity contribution in [1.29, 1.82) is 0 Å². The quantitative estimate of drug-likeness (QED) is 0.369. The molecule has 3 rings (SSSR count). The summed E-state index contributed by atoms with van der Waals surface area (Å²) in [5, 5.41) is -0.550. The zero-order chi connectivity index (χ0) is 21.1. The highest BCUT2D eigenvalue weighted by Gasteiger charge is 2.76. The molecule has 8 nitrogen and oxygen atoms in total. The molecule has 0 N–H and O–H groups in total. The number of Topliss-reactive ketones (excluding diaryl/α,β-unsaturated/α-hetero) is 1. The molecule has 14 heteroatoms. The van der Waals surface area contributed by atoms with Crippen LogP contribution >= 0.6 is 19.4 Å². The van der Waals surface area contributed by atoms with E-state index in [9.17, 15) is 22.9 Å². The van der Waals surface area contributed by atoms with Gasteiger partial charge in [-0.25, -0.2) is 13.3 Å². The Morgan fingerprint density at radius 1 is 1.36 bits per heavy atom. The van der Waals surface area contributed by atoms with Crippen LogP contribution in [0.25, 0.3) is 0 Å². The van der Waals surface area contributed by atoms with Crippen molar-refractivity contribution in [3.8, 4) is 0 Å². The van der Waals surface area contributed by atoms with Crippen LogP contribution in [0.15, 0.2) is 11.2 Å². The Bertz CT molecular complexity index is 779. The van der Waals surface area contributed by atoms with Gasteiger partial charge in [0.2, 0.25) is 12.1 Å². The highest BCUT2D eigenvalue weighted by Crippen LogP contribution is 2.63. The summed E-state index contributed by atoms with van der Waals surface area (Å²) in [5.41, 5.74) is -3.02. The first-order chi connectivity index (χ1) is 12.8. The van der Waals surface area contributed by atoms with Gasteiger partial charge in [0.05, 0.1) is 19.1 Å². The molecule has 158 valence electrons. The van der Waals surface area contributed by atoms with Gasteiger partial charge in [-0.05, 0) is 13.8 Å². The summed E-state index contributed by atoms with van der Waals surface area (Å²) >= 11 is 5.60. The molecule has 0 aromatic rings. The number of phosphoric acid groups is 1. The molecule has 2 fully saturated rings. The minimum atomic E-state index is -4.60. The van der Waals surface area contributed by atoms with Gasteiger partial charge < -0.3 is 4.74 Å². The van der Waals surface area contributed by atoms with E-state index in [1.54, 1.807) is 0 Å². The molecule has 4 atom stereocenters. The monoisotopic (exact) mass is 451 g/mol. The largest absolute Gasteiger partial charge is 0.475 e. The van der Waals surface area contributed by atoms with E-state index in [4.69, 9.17) is 29.9 Å². The number of hydrogen-bond donors (Lipinski definition) is 0. The Kier molecular flexibility index (Phi) is 5.44. The summed E-state index contributed by atoms with van der Waals surface area (Å²) in [6.07, 6.45) is -9.94. The molecule has 28 heavy (non-hydrogen) atoms. The van der Waals surface area contributed by atoms with E-state index < -0.39 is 74.0 Å². The number of carbonyl (C=O) groups is 2. The second kappa shape index (κ2) is 7.03. The fraction of sp³-hybridized carbons (Fsp3) is 0.714. The highest BCUT2D eigenvalue weighted by atomic mass is 35.5. The van der Waals surface area contributed by atoms with Crippen LogP contribution in [0, 0.1) is 0 Å². The van der Waals surface area contributed by atoms with Crippen molar-refractivity contribution in [1.82, 2.24) is 4.90 Å². The van der Waals surface area contributed by atoms with Gasteiger partial charge in [-0.3, -0.25) is 28.1 Å². The number of amides is 1. The molecule has 0 aliphatic carbocycles. The zero-order valence-corrected chi connectivity index (χ0v) is 16.1. The lowest BCUT2D eigenvalue weighted by atomic mass is 9.95. The number of ketones is 1. The molecule has 3 aliphatic heterocycles. The fourth-order valence-electron chi connectivity index (χ4n) is 2.97. The lowest BCUT2D eigenvalue weighted by molar-refractivity contribution is -0.213. The van der Waals surface area contributed by atoms with E-state index in [0.717, 1.165) is 0 Å². The number of halogens is 5. The van der Waals surface area contributed by atoms with Crippen molar-refractivity contribution in [2.45, 2.75) is 56.7 Å². The number of rotatable bonds is 4. The molecule has 0 aromatic carbocycles. The van der Waals surface area contributed by atoms with E-state index >= 15 is 8.78 Å². The summed E-state index contributed by atoms with van der Waals surface area (Å²) in [4.78, 5) is 23.7. The van der Waals surface area contributed by atoms with Crippen molar-refractivity contribution in [3.05, 3.63) is 11.2 Å². The average molecular weight is 452 g/mol. The number of nitrogens with zero attached hydrogens (tertiary/aromatic N) is 1. The Labute approximate surface area is 161 Å². The predicted octanol–water partition coefficient (Wildman–Crippen LogP) is 2.81. The van der Waals surface area contributed by atoms with Crippen LogP contribution in [0.4, 0.5) is 17.6 Å². The van der Waals surface area contributed by atoms with Gasteiger partial charge in [0.25, 0.3) is 6.43 Å². The van der Waals surface area contributed by atoms with Crippen LogP contribution in [-0.2, 0) is 32.5 Å². The van der Waals surface area contributed by atoms with Gasteiger partial charge in [-0.15, -0.1) is 0 Å². The summed E-state index contributed by atoms with van der Waals surface area (Å²) < 4.78 is 89.2. The Hall–Kier alpha value is -1.04. The van der Waals surface area contributed by atoms with Gasteiger partial charge in [-0.2, -0.15) is 8.78 Å². The predicted molar refractivity (Wildman–Crippen MR) is 83.6 cm³/mol. The number of ether oxygens (including phenoxy) is 1. The lowest BCUT2D eigenvalue weighted by Crippen LogP contribution is -2.58. The molecule has 1 amide bonds. The number of alkyl halides is 4. The van der Waals surface area contributed by atoms with Crippen molar-refractivity contribution < 1.29 is 50.0 Å². The van der Waals surface area contributed by atoms with Gasteiger partial charge >= 0.3 is 13.7 Å². The smallest absolute Gasteiger partial charge is 0.333 e.